The second-order valence-corrected chi connectivity index (χ2v) is 6.24. The van der Waals surface area contributed by atoms with Crippen LogP contribution in [0.2, 0.25) is 0 Å². The van der Waals surface area contributed by atoms with E-state index in [0.717, 1.165) is 28.4 Å². The summed E-state index contributed by atoms with van der Waals surface area (Å²) in [6.45, 7) is 6.33. The van der Waals surface area contributed by atoms with Crippen LogP contribution in [0.1, 0.15) is 28.7 Å². The Balaban J connectivity index is 1.90. The van der Waals surface area contributed by atoms with Gasteiger partial charge in [0.2, 0.25) is 0 Å². The molecule has 0 bridgehead atoms. The highest BCUT2D eigenvalue weighted by Crippen LogP contribution is 2.22. The summed E-state index contributed by atoms with van der Waals surface area (Å²) in [4.78, 5) is 14.1. The number of ether oxygens (including phenoxy) is 1. The third-order valence-corrected chi connectivity index (χ3v) is 3.96. The Kier molecular flexibility index (Phi) is 6.04. The zero-order chi connectivity index (χ0) is 17.7. The van der Waals surface area contributed by atoms with Gasteiger partial charge in [0, 0.05) is 6.54 Å². The van der Waals surface area contributed by atoms with Gasteiger partial charge in [-0.1, -0.05) is 18.2 Å². The van der Waals surface area contributed by atoms with E-state index in [1.165, 1.54) is 0 Å². The maximum Gasteiger partial charge on any atom is 0.258 e. The van der Waals surface area contributed by atoms with Gasteiger partial charge < -0.3 is 14.5 Å². The molecule has 5 nitrogen and oxygen atoms in total. The molecule has 5 heteroatoms. The van der Waals surface area contributed by atoms with Crippen molar-refractivity contribution in [3.05, 3.63) is 53.0 Å². The Morgan fingerprint density at radius 2 is 1.83 bits per heavy atom. The lowest BCUT2D eigenvalue weighted by Gasteiger charge is -2.22. The Hall–Kier alpha value is -2.27. The van der Waals surface area contributed by atoms with Crippen molar-refractivity contribution in [2.45, 2.75) is 26.8 Å². The number of rotatable bonds is 7. The molecule has 130 valence electrons. The first-order chi connectivity index (χ1) is 11.4. The number of carbonyl (C=O) groups is 1. The van der Waals surface area contributed by atoms with Crippen molar-refractivity contribution in [2.24, 2.45) is 0 Å². The summed E-state index contributed by atoms with van der Waals surface area (Å²) in [5.41, 5.74) is 2.06. The van der Waals surface area contributed by atoms with Crippen LogP contribution in [-0.4, -0.2) is 38.1 Å². The molecular weight excluding hydrogens is 304 g/mol. The van der Waals surface area contributed by atoms with Crippen LogP contribution in [0.3, 0.4) is 0 Å². The fourth-order valence-corrected chi connectivity index (χ4v) is 2.60. The number of amides is 1. The second-order valence-electron chi connectivity index (χ2n) is 6.24. The molecule has 1 aromatic carbocycles. The van der Waals surface area contributed by atoms with Crippen molar-refractivity contribution < 1.29 is 13.9 Å². The molecule has 1 amide bonds. The molecule has 0 aliphatic heterocycles. The van der Waals surface area contributed by atoms with Crippen LogP contribution in [0, 0.1) is 20.8 Å². The van der Waals surface area contributed by atoms with E-state index in [9.17, 15) is 4.79 Å². The van der Waals surface area contributed by atoms with Crippen molar-refractivity contribution in [3.8, 4) is 5.75 Å². The van der Waals surface area contributed by atoms with E-state index in [1.807, 2.05) is 70.1 Å². The summed E-state index contributed by atoms with van der Waals surface area (Å²) < 4.78 is 11.4. The Labute approximate surface area is 143 Å². The maximum atomic E-state index is 12.1. The fourth-order valence-electron chi connectivity index (χ4n) is 2.60. The molecular formula is C19H26N2O3. The highest BCUT2D eigenvalue weighted by molar-refractivity contribution is 5.77. The van der Waals surface area contributed by atoms with Crippen LogP contribution in [0.15, 0.2) is 34.7 Å². The van der Waals surface area contributed by atoms with Crippen LogP contribution in [-0.2, 0) is 4.79 Å². The van der Waals surface area contributed by atoms with E-state index in [2.05, 4.69) is 5.32 Å². The molecule has 1 unspecified atom stereocenters. The summed E-state index contributed by atoms with van der Waals surface area (Å²) >= 11 is 0. The summed E-state index contributed by atoms with van der Waals surface area (Å²) in [6, 6.07) is 9.79. The maximum absolute atomic E-state index is 12.1. The van der Waals surface area contributed by atoms with Gasteiger partial charge in [0.25, 0.3) is 5.91 Å². The summed E-state index contributed by atoms with van der Waals surface area (Å²) in [6.07, 6.45) is 0. The number of nitrogens with one attached hydrogen (secondary N) is 1. The van der Waals surface area contributed by atoms with Gasteiger partial charge in [-0.2, -0.15) is 0 Å². The number of hydrogen-bond acceptors (Lipinski definition) is 4. The third kappa shape index (κ3) is 4.61. The first-order valence-corrected chi connectivity index (χ1v) is 8.07. The summed E-state index contributed by atoms with van der Waals surface area (Å²) in [5, 5.41) is 2.92. The molecule has 1 aromatic heterocycles. The van der Waals surface area contributed by atoms with Gasteiger partial charge in [0.05, 0.1) is 6.04 Å². The third-order valence-electron chi connectivity index (χ3n) is 3.96. The molecule has 0 spiro atoms. The molecule has 2 rings (SSSR count). The molecule has 1 heterocycles. The average molecular weight is 330 g/mol. The predicted octanol–water partition coefficient (Wildman–Crippen LogP) is 3.00. The Morgan fingerprint density at radius 3 is 2.38 bits per heavy atom. The van der Waals surface area contributed by atoms with E-state index in [1.54, 1.807) is 0 Å². The van der Waals surface area contributed by atoms with E-state index in [0.29, 0.717) is 6.54 Å². The number of likely N-dealkylation sites (N-methyl/N-ethyl adjacent to an activating group) is 1. The SMILES string of the molecule is Cc1ccc(C(CNC(=O)COc2c(C)cccc2C)N(C)C)o1. The molecule has 0 aliphatic carbocycles. The number of aryl methyl sites for hydroxylation is 3. The van der Waals surface area contributed by atoms with Gasteiger partial charge in [-0.25, -0.2) is 0 Å². The van der Waals surface area contributed by atoms with Gasteiger partial charge >= 0.3 is 0 Å². The van der Waals surface area contributed by atoms with E-state index < -0.39 is 0 Å². The number of benzene rings is 1. The predicted molar refractivity (Wildman–Crippen MR) is 94.3 cm³/mol. The van der Waals surface area contributed by atoms with Crippen molar-refractivity contribution in [1.29, 1.82) is 0 Å². The molecule has 2 aromatic rings. The molecule has 0 radical (unpaired) electrons. The number of para-hydroxylation sites is 1. The fraction of sp³-hybridized carbons (Fsp3) is 0.421. The van der Waals surface area contributed by atoms with Crippen LogP contribution in [0.5, 0.6) is 5.75 Å². The standard InChI is InChI=1S/C19H26N2O3/c1-13-7-6-8-14(2)19(13)23-12-18(22)20-11-16(21(4)5)17-10-9-15(3)24-17/h6-10,16H,11-12H2,1-5H3,(H,20,22). The van der Waals surface area contributed by atoms with E-state index in [4.69, 9.17) is 9.15 Å². The lowest BCUT2D eigenvalue weighted by Crippen LogP contribution is -2.36. The zero-order valence-electron chi connectivity index (χ0n) is 15.1. The van der Waals surface area contributed by atoms with Gasteiger partial charge in [-0.3, -0.25) is 9.69 Å². The van der Waals surface area contributed by atoms with Gasteiger partial charge in [0.1, 0.15) is 17.3 Å². The number of nitrogens with zero attached hydrogens (tertiary/aromatic N) is 1. The highest BCUT2D eigenvalue weighted by Gasteiger charge is 2.18. The second kappa shape index (κ2) is 8.02. The monoisotopic (exact) mass is 330 g/mol. The van der Waals surface area contributed by atoms with Crippen molar-refractivity contribution in [1.82, 2.24) is 10.2 Å². The average Bonchev–Trinajstić information content (AvgIpc) is 2.93. The highest BCUT2D eigenvalue weighted by atomic mass is 16.5. The van der Waals surface area contributed by atoms with E-state index >= 15 is 0 Å². The van der Waals surface area contributed by atoms with Crippen molar-refractivity contribution >= 4 is 5.91 Å². The summed E-state index contributed by atoms with van der Waals surface area (Å²) in [7, 11) is 3.92. The zero-order valence-corrected chi connectivity index (χ0v) is 15.1. The molecule has 1 N–H and O–H groups in total. The minimum absolute atomic E-state index is 0.00300. The molecule has 0 saturated heterocycles. The first kappa shape index (κ1) is 18.1. The Morgan fingerprint density at radius 1 is 1.17 bits per heavy atom. The largest absolute Gasteiger partial charge is 0.483 e. The number of furan rings is 1. The number of carbonyl (C=O) groups excluding carboxylic acids is 1. The molecule has 1 atom stereocenters. The van der Waals surface area contributed by atoms with Crippen LogP contribution in [0.4, 0.5) is 0 Å². The van der Waals surface area contributed by atoms with E-state index in [-0.39, 0.29) is 18.6 Å². The summed E-state index contributed by atoms with van der Waals surface area (Å²) in [5.74, 6) is 2.33. The lowest BCUT2D eigenvalue weighted by molar-refractivity contribution is -0.123. The molecule has 0 aliphatic rings. The topological polar surface area (TPSA) is 54.7 Å². The smallest absolute Gasteiger partial charge is 0.258 e. The van der Waals surface area contributed by atoms with Crippen molar-refractivity contribution in [3.63, 3.8) is 0 Å². The number of hydrogen-bond donors (Lipinski definition) is 1. The first-order valence-electron chi connectivity index (χ1n) is 8.07. The normalized spacial score (nSPS) is 12.2. The van der Waals surface area contributed by atoms with Crippen LogP contribution >= 0.6 is 0 Å². The van der Waals surface area contributed by atoms with Gasteiger partial charge in [-0.15, -0.1) is 0 Å². The minimum Gasteiger partial charge on any atom is -0.483 e. The van der Waals surface area contributed by atoms with Crippen LogP contribution in [0.25, 0.3) is 0 Å². The van der Waals surface area contributed by atoms with Crippen LogP contribution < -0.4 is 10.1 Å². The van der Waals surface area contributed by atoms with Crippen molar-refractivity contribution in [2.75, 3.05) is 27.2 Å². The van der Waals surface area contributed by atoms with Gasteiger partial charge in [-0.05, 0) is 58.1 Å². The minimum atomic E-state index is -0.146. The molecule has 24 heavy (non-hydrogen) atoms. The quantitative estimate of drug-likeness (QED) is 0.848. The lowest BCUT2D eigenvalue weighted by atomic mass is 10.1. The van der Waals surface area contributed by atoms with Gasteiger partial charge in [0.15, 0.2) is 6.61 Å². The Bertz CT molecular complexity index is 671. The molecule has 0 fully saturated rings. The molecule has 0 saturated carbocycles.